The van der Waals surface area contributed by atoms with Crippen LogP contribution in [0.4, 0.5) is 13.2 Å². The van der Waals surface area contributed by atoms with Crippen molar-refractivity contribution in [2.45, 2.75) is 39.2 Å². The fourth-order valence-corrected chi connectivity index (χ4v) is 2.39. The van der Waals surface area contributed by atoms with Gasteiger partial charge in [0.05, 0.1) is 6.17 Å². The molecular weight excluding hydrogens is 325 g/mol. The molecular formula is C16H21F3N2O3. The minimum Gasteiger partial charge on any atom is -0.475 e. The maximum atomic E-state index is 12.2. The lowest BCUT2D eigenvalue weighted by molar-refractivity contribution is -0.192. The van der Waals surface area contributed by atoms with E-state index in [-0.39, 0.29) is 23.5 Å². The molecule has 5 nitrogen and oxygen atoms in total. The molecule has 1 aliphatic heterocycles. The van der Waals surface area contributed by atoms with Crippen molar-refractivity contribution in [3.63, 3.8) is 0 Å². The molecule has 0 saturated carbocycles. The number of hydrogen-bond donors (Lipinski definition) is 2. The van der Waals surface area contributed by atoms with Crippen molar-refractivity contribution in [2.75, 3.05) is 7.05 Å². The smallest absolute Gasteiger partial charge is 0.475 e. The van der Waals surface area contributed by atoms with Crippen LogP contribution in [0.2, 0.25) is 0 Å². The maximum absolute atomic E-state index is 12.2. The molecule has 1 aromatic rings. The Labute approximate surface area is 138 Å². The summed E-state index contributed by atoms with van der Waals surface area (Å²) in [5.74, 6) is -2.61. The number of carbonyl (C=O) groups is 2. The number of nitrogens with zero attached hydrogens (tertiary/aromatic N) is 1. The Balaban J connectivity index is 0.000000351. The van der Waals surface area contributed by atoms with E-state index >= 15 is 0 Å². The molecule has 24 heavy (non-hydrogen) atoms. The Morgan fingerprint density at radius 3 is 1.96 bits per heavy atom. The van der Waals surface area contributed by atoms with E-state index in [9.17, 15) is 18.0 Å². The second kappa shape index (κ2) is 7.21. The fraction of sp³-hybridized carbons (Fsp3) is 0.500. The molecule has 1 fully saturated rings. The van der Waals surface area contributed by atoms with Gasteiger partial charge in [0.25, 0.3) is 0 Å². The van der Waals surface area contributed by atoms with Crippen LogP contribution in [0.1, 0.15) is 32.4 Å². The molecule has 8 heteroatoms. The van der Waals surface area contributed by atoms with E-state index in [0.29, 0.717) is 0 Å². The summed E-state index contributed by atoms with van der Waals surface area (Å²) in [7, 11) is 1.87. The molecule has 2 atom stereocenters. The number of likely N-dealkylation sites (N-methyl/N-ethyl adjacent to an activating group) is 1. The lowest BCUT2D eigenvalue weighted by atomic mass is 9.92. The Hall–Kier alpha value is -2.09. The molecule has 1 saturated heterocycles. The zero-order valence-corrected chi connectivity index (χ0v) is 13.9. The molecule has 1 amide bonds. The first-order valence-electron chi connectivity index (χ1n) is 7.23. The van der Waals surface area contributed by atoms with E-state index in [4.69, 9.17) is 9.90 Å². The number of hydrogen-bond acceptors (Lipinski definition) is 3. The van der Waals surface area contributed by atoms with Crippen LogP contribution >= 0.6 is 0 Å². The molecule has 0 aliphatic carbocycles. The quantitative estimate of drug-likeness (QED) is 0.820. The Morgan fingerprint density at radius 2 is 1.62 bits per heavy atom. The topological polar surface area (TPSA) is 69.6 Å². The Bertz CT molecular complexity index is 582. The highest BCUT2D eigenvalue weighted by molar-refractivity contribution is 5.85. The van der Waals surface area contributed by atoms with Gasteiger partial charge in [0.2, 0.25) is 5.91 Å². The molecule has 2 rings (SSSR count). The third kappa shape index (κ3) is 4.95. The van der Waals surface area contributed by atoms with Crippen molar-refractivity contribution in [1.29, 1.82) is 0 Å². The Kier molecular flexibility index (Phi) is 5.99. The van der Waals surface area contributed by atoms with Crippen molar-refractivity contribution in [2.24, 2.45) is 5.41 Å². The maximum Gasteiger partial charge on any atom is 0.490 e. The van der Waals surface area contributed by atoms with E-state index in [0.717, 1.165) is 5.56 Å². The summed E-state index contributed by atoms with van der Waals surface area (Å²) in [5.41, 5.74) is 1.07. The largest absolute Gasteiger partial charge is 0.490 e. The summed E-state index contributed by atoms with van der Waals surface area (Å²) >= 11 is 0. The molecule has 1 heterocycles. The minimum atomic E-state index is -5.08. The van der Waals surface area contributed by atoms with Crippen LogP contribution in [0.3, 0.4) is 0 Å². The van der Waals surface area contributed by atoms with Crippen LogP contribution in [0.25, 0.3) is 0 Å². The summed E-state index contributed by atoms with van der Waals surface area (Å²) in [5, 5.41) is 10.5. The number of alkyl halides is 3. The molecule has 2 N–H and O–H groups in total. The zero-order valence-electron chi connectivity index (χ0n) is 13.9. The first-order chi connectivity index (χ1) is 10.9. The van der Waals surface area contributed by atoms with Crippen molar-refractivity contribution in [3.05, 3.63) is 35.9 Å². The van der Waals surface area contributed by atoms with Crippen LogP contribution in [-0.4, -0.2) is 41.3 Å². The van der Waals surface area contributed by atoms with Crippen LogP contribution in [-0.2, 0) is 9.59 Å². The third-order valence-electron chi connectivity index (χ3n) is 3.50. The molecule has 0 aromatic heterocycles. The summed E-state index contributed by atoms with van der Waals surface area (Å²) in [6.07, 6.45) is -5.00. The van der Waals surface area contributed by atoms with E-state index in [2.05, 4.69) is 26.1 Å². The van der Waals surface area contributed by atoms with Crippen LogP contribution in [0, 0.1) is 5.41 Å². The van der Waals surface area contributed by atoms with Gasteiger partial charge in [0.1, 0.15) is 6.04 Å². The van der Waals surface area contributed by atoms with Crippen molar-refractivity contribution >= 4 is 11.9 Å². The molecule has 1 aromatic carbocycles. The summed E-state index contributed by atoms with van der Waals surface area (Å²) in [6, 6.07) is 9.69. The van der Waals surface area contributed by atoms with Gasteiger partial charge in [-0.2, -0.15) is 13.2 Å². The molecule has 1 aliphatic rings. The van der Waals surface area contributed by atoms with Gasteiger partial charge in [-0.3, -0.25) is 10.1 Å². The molecule has 0 bridgehead atoms. The van der Waals surface area contributed by atoms with Gasteiger partial charge in [-0.25, -0.2) is 4.79 Å². The van der Waals surface area contributed by atoms with E-state index in [1.165, 1.54) is 0 Å². The monoisotopic (exact) mass is 346 g/mol. The summed E-state index contributed by atoms with van der Waals surface area (Å²) in [4.78, 5) is 22.9. The average molecular weight is 346 g/mol. The standard InChI is InChI=1S/C14H20N2O.C2HF3O2/c1-14(2,3)13-15-11(12(17)16(13)4)10-8-6-5-7-9-10;3-2(4,5)1(6)7/h5-9,11,13,15H,1-4H3;(H,6,7)/t11-,13-;/m1./s1. The van der Waals surface area contributed by atoms with Crippen molar-refractivity contribution < 1.29 is 27.9 Å². The lowest BCUT2D eigenvalue weighted by Gasteiger charge is -2.32. The summed E-state index contributed by atoms with van der Waals surface area (Å²) in [6.45, 7) is 6.42. The normalized spacial score (nSPS) is 21.3. The first kappa shape index (κ1) is 20.0. The number of nitrogens with one attached hydrogen (secondary N) is 1. The molecule has 0 spiro atoms. The number of amides is 1. The Morgan fingerprint density at radius 1 is 1.17 bits per heavy atom. The van der Waals surface area contributed by atoms with Gasteiger partial charge in [-0.05, 0) is 11.0 Å². The minimum absolute atomic E-state index is 0.0357. The predicted molar refractivity (Wildman–Crippen MR) is 82.0 cm³/mol. The number of halogens is 3. The van der Waals surface area contributed by atoms with Crippen molar-refractivity contribution in [1.82, 2.24) is 10.2 Å². The zero-order chi connectivity index (χ0) is 18.7. The SMILES string of the molecule is CN1C(=O)[C@@H](c2ccccc2)N[C@H]1C(C)(C)C.O=C(O)C(F)(F)F. The van der Waals surface area contributed by atoms with Gasteiger partial charge in [-0.1, -0.05) is 51.1 Å². The van der Waals surface area contributed by atoms with Gasteiger partial charge in [-0.15, -0.1) is 0 Å². The highest BCUT2D eigenvalue weighted by Crippen LogP contribution is 2.31. The average Bonchev–Trinajstić information content (AvgIpc) is 2.76. The first-order valence-corrected chi connectivity index (χ1v) is 7.23. The third-order valence-corrected chi connectivity index (χ3v) is 3.50. The number of carboxylic acids is 1. The lowest BCUT2D eigenvalue weighted by Crippen LogP contribution is -2.44. The highest BCUT2D eigenvalue weighted by Gasteiger charge is 2.42. The number of aliphatic carboxylic acids is 1. The van der Waals surface area contributed by atoms with E-state index < -0.39 is 12.1 Å². The van der Waals surface area contributed by atoms with E-state index in [1.807, 2.05) is 42.3 Å². The van der Waals surface area contributed by atoms with Crippen molar-refractivity contribution in [3.8, 4) is 0 Å². The van der Waals surface area contributed by atoms with Gasteiger partial charge in [0.15, 0.2) is 0 Å². The fourth-order valence-electron chi connectivity index (χ4n) is 2.39. The van der Waals surface area contributed by atoms with Crippen LogP contribution < -0.4 is 5.32 Å². The van der Waals surface area contributed by atoms with Gasteiger partial charge < -0.3 is 10.0 Å². The molecule has 134 valence electrons. The van der Waals surface area contributed by atoms with Gasteiger partial charge >= 0.3 is 12.1 Å². The highest BCUT2D eigenvalue weighted by atomic mass is 19.4. The summed E-state index contributed by atoms with van der Waals surface area (Å²) < 4.78 is 31.7. The van der Waals surface area contributed by atoms with E-state index in [1.54, 1.807) is 0 Å². The number of benzene rings is 1. The predicted octanol–water partition coefficient (Wildman–Crippen LogP) is 2.79. The second-order valence-corrected chi connectivity index (χ2v) is 6.53. The van der Waals surface area contributed by atoms with Gasteiger partial charge in [0, 0.05) is 7.05 Å². The molecule has 0 radical (unpaired) electrons. The van der Waals surface area contributed by atoms with Crippen LogP contribution in [0.15, 0.2) is 30.3 Å². The number of rotatable bonds is 1. The van der Waals surface area contributed by atoms with Crippen LogP contribution in [0.5, 0.6) is 0 Å². The molecule has 0 unspecified atom stereocenters. The number of carbonyl (C=O) groups excluding carboxylic acids is 1. The number of carboxylic acid groups (broad SMARTS) is 1. The second-order valence-electron chi connectivity index (χ2n) is 6.53.